The molecule has 0 saturated heterocycles. The van der Waals surface area contributed by atoms with Crippen LogP contribution < -0.4 is 0 Å². The molecule has 2 nitrogen and oxygen atoms in total. The molecule has 64 valence electrons. The second-order valence-electron chi connectivity index (χ2n) is 2.43. The Kier molecular flexibility index (Phi) is 2.55. The van der Waals surface area contributed by atoms with Crippen LogP contribution in [0.15, 0.2) is 17.0 Å². The van der Waals surface area contributed by atoms with E-state index in [1.807, 2.05) is 10.8 Å². The van der Waals surface area contributed by atoms with Crippen LogP contribution in [0.5, 0.6) is 5.75 Å². The van der Waals surface area contributed by atoms with Crippen LogP contribution in [0, 0.1) is 6.92 Å². The summed E-state index contributed by atoms with van der Waals surface area (Å²) < 4.78 is 0. The van der Waals surface area contributed by atoms with Gasteiger partial charge in [0.05, 0.1) is 5.69 Å². The molecule has 2 aromatic heterocycles. The average Bonchev–Trinajstić information content (AvgIpc) is 2.45. The van der Waals surface area contributed by atoms with Crippen molar-refractivity contribution in [1.82, 2.24) is 4.98 Å². The fourth-order valence-electron chi connectivity index (χ4n) is 1.02. The minimum atomic E-state index is 0. The number of hydrogen-bond acceptors (Lipinski definition) is 3. The van der Waals surface area contributed by atoms with E-state index >= 15 is 0 Å². The van der Waals surface area contributed by atoms with Crippen molar-refractivity contribution in [3.05, 3.63) is 22.7 Å². The van der Waals surface area contributed by atoms with Crippen LogP contribution >= 0.6 is 23.7 Å². The lowest BCUT2D eigenvalue weighted by molar-refractivity contribution is 0.474. The van der Waals surface area contributed by atoms with Crippen LogP contribution in [0.25, 0.3) is 10.8 Å². The summed E-state index contributed by atoms with van der Waals surface area (Å²) in [6, 6.07) is 0. The summed E-state index contributed by atoms with van der Waals surface area (Å²) >= 11 is 1.58. The summed E-state index contributed by atoms with van der Waals surface area (Å²) in [6.45, 7) is 1.80. The molecule has 0 aliphatic rings. The standard InChI is InChI=1S/C8H7NOS.ClH/c1-5-8(10)7-4-11-3-6(7)2-9-5;/h2-4,10H,1H3;1H. The van der Waals surface area contributed by atoms with Gasteiger partial charge in [0.25, 0.3) is 0 Å². The molecule has 0 radical (unpaired) electrons. The lowest BCUT2D eigenvalue weighted by Gasteiger charge is -1.97. The summed E-state index contributed by atoms with van der Waals surface area (Å²) in [5.41, 5.74) is 0.691. The molecule has 0 aliphatic carbocycles. The van der Waals surface area contributed by atoms with Gasteiger partial charge in [-0.25, -0.2) is 0 Å². The van der Waals surface area contributed by atoms with Crippen LogP contribution in [0.3, 0.4) is 0 Å². The Labute approximate surface area is 80.3 Å². The van der Waals surface area contributed by atoms with E-state index in [-0.39, 0.29) is 12.4 Å². The zero-order valence-corrected chi connectivity index (χ0v) is 8.08. The predicted octanol–water partition coefficient (Wildman–Crippen LogP) is 2.73. The molecule has 4 heteroatoms. The molecule has 2 rings (SSSR count). The van der Waals surface area contributed by atoms with Gasteiger partial charge in [0.2, 0.25) is 0 Å². The van der Waals surface area contributed by atoms with Crippen molar-refractivity contribution in [3.8, 4) is 5.75 Å². The first-order valence-corrected chi connectivity index (χ1v) is 4.24. The van der Waals surface area contributed by atoms with Gasteiger partial charge in [0.15, 0.2) is 0 Å². The van der Waals surface area contributed by atoms with Crippen molar-refractivity contribution in [2.75, 3.05) is 0 Å². The molecule has 0 amide bonds. The lowest BCUT2D eigenvalue weighted by atomic mass is 10.2. The van der Waals surface area contributed by atoms with Crippen LogP contribution in [-0.2, 0) is 0 Å². The molecule has 1 N–H and O–H groups in total. The number of aromatic hydroxyl groups is 1. The summed E-state index contributed by atoms with van der Waals surface area (Å²) in [6.07, 6.45) is 1.78. The predicted molar refractivity (Wildman–Crippen MR) is 53.3 cm³/mol. The van der Waals surface area contributed by atoms with E-state index in [0.29, 0.717) is 11.4 Å². The molecule has 0 spiro atoms. The fraction of sp³-hybridized carbons (Fsp3) is 0.125. The van der Waals surface area contributed by atoms with Crippen molar-refractivity contribution >= 4 is 34.5 Å². The Morgan fingerprint density at radius 3 is 2.92 bits per heavy atom. The third-order valence-corrected chi connectivity index (χ3v) is 2.45. The third-order valence-electron chi connectivity index (χ3n) is 1.69. The molecule has 0 unspecified atom stereocenters. The monoisotopic (exact) mass is 201 g/mol. The second-order valence-corrected chi connectivity index (χ2v) is 3.18. The van der Waals surface area contributed by atoms with Gasteiger partial charge in [-0.2, -0.15) is 11.3 Å². The number of halogens is 1. The number of hydrogen-bond donors (Lipinski definition) is 1. The van der Waals surface area contributed by atoms with E-state index < -0.39 is 0 Å². The highest BCUT2D eigenvalue weighted by atomic mass is 35.5. The minimum Gasteiger partial charge on any atom is -0.505 e. The molecular weight excluding hydrogens is 194 g/mol. The Morgan fingerprint density at radius 1 is 1.42 bits per heavy atom. The van der Waals surface area contributed by atoms with E-state index in [9.17, 15) is 5.11 Å². The molecule has 0 aromatic carbocycles. The van der Waals surface area contributed by atoms with Crippen molar-refractivity contribution in [3.63, 3.8) is 0 Å². The van der Waals surface area contributed by atoms with Crippen LogP contribution in [-0.4, -0.2) is 10.1 Å². The van der Waals surface area contributed by atoms with Gasteiger partial charge in [-0.15, -0.1) is 12.4 Å². The largest absolute Gasteiger partial charge is 0.505 e. The lowest BCUT2D eigenvalue weighted by Crippen LogP contribution is -1.79. The molecule has 2 aromatic rings. The Hall–Kier alpha value is -0.800. The SMILES string of the molecule is Cc1ncc2cscc2c1O.Cl. The van der Waals surface area contributed by atoms with Gasteiger partial charge < -0.3 is 5.11 Å². The van der Waals surface area contributed by atoms with E-state index in [1.54, 1.807) is 24.5 Å². The van der Waals surface area contributed by atoms with Crippen molar-refractivity contribution < 1.29 is 5.11 Å². The number of pyridine rings is 1. The van der Waals surface area contributed by atoms with E-state index in [2.05, 4.69) is 4.98 Å². The summed E-state index contributed by atoms with van der Waals surface area (Å²) in [5, 5.41) is 15.3. The molecular formula is C8H8ClNOS. The summed E-state index contributed by atoms with van der Waals surface area (Å²) in [7, 11) is 0. The van der Waals surface area contributed by atoms with Crippen molar-refractivity contribution in [1.29, 1.82) is 0 Å². The number of rotatable bonds is 0. The highest BCUT2D eigenvalue weighted by Gasteiger charge is 2.03. The van der Waals surface area contributed by atoms with Gasteiger partial charge in [-0.05, 0) is 6.92 Å². The third kappa shape index (κ3) is 1.26. The maximum Gasteiger partial charge on any atom is 0.145 e. The highest BCUT2D eigenvalue weighted by molar-refractivity contribution is 7.09. The Morgan fingerprint density at radius 2 is 2.17 bits per heavy atom. The number of nitrogens with zero attached hydrogens (tertiary/aromatic N) is 1. The molecule has 12 heavy (non-hydrogen) atoms. The molecule has 0 atom stereocenters. The molecule has 2 heterocycles. The number of aryl methyl sites for hydroxylation is 1. The number of thiophene rings is 1. The van der Waals surface area contributed by atoms with Gasteiger partial charge in [-0.1, -0.05) is 0 Å². The fourth-order valence-corrected chi connectivity index (χ4v) is 1.81. The van der Waals surface area contributed by atoms with Gasteiger partial charge >= 0.3 is 0 Å². The van der Waals surface area contributed by atoms with Gasteiger partial charge in [0, 0.05) is 27.7 Å². The van der Waals surface area contributed by atoms with E-state index in [4.69, 9.17) is 0 Å². The minimum absolute atomic E-state index is 0. The smallest absolute Gasteiger partial charge is 0.145 e. The Bertz CT molecular complexity index is 399. The zero-order valence-electron chi connectivity index (χ0n) is 6.44. The quantitative estimate of drug-likeness (QED) is 0.711. The van der Waals surface area contributed by atoms with Crippen LogP contribution in [0.2, 0.25) is 0 Å². The van der Waals surface area contributed by atoms with E-state index in [0.717, 1.165) is 10.8 Å². The first-order chi connectivity index (χ1) is 5.29. The Balaban J connectivity index is 0.000000720. The first kappa shape index (κ1) is 9.29. The maximum absolute atomic E-state index is 9.49. The van der Waals surface area contributed by atoms with Crippen LogP contribution in [0.1, 0.15) is 5.69 Å². The highest BCUT2D eigenvalue weighted by Crippen LogP contribution is 2.28. The topological polar surface area (TPSA) is 33.1 Å². The van der Waals surface area contributed by atoms with Gasteiger partial charge in [-0.3, -0.25) is 4.98 Å². The number of aromatic nitrogens is 1. The average molecular weight is 202 g/mol. The summed E-state index contributed by atoms with van der Waals surface area (Å²) in [5.74, 6) is 0.309. The maximum atomic E-state index is 9.49. The van der Waals surface area contributed by atoms with Crippen LogP contribution in [0.4, 0.5) is 0 Å². The summed E-state index contributed by atoms with van der Waals surface area (Å²) in [4.78, 5) is 4.04. The van der Waals surface area contributed by atoms with Gasteiger partial charge in [0.1, 0.15) is 5.75 Å². The molecule has 0 aliphatic heterocycles. The number of fused-ring (bicyclic) bond motifs is 1. The normalized spacial score (nSPS) is 9.75. The van der Waals surface area contributed by atoms with Crippen molar-refractivity contribution in [2.45, 2.75) is 6.92 Å². The van der Waals surface area contributed by atoms with E-state index in [1.165, 1.54) is 0 Å². The zero-order chi connectivity index (χ0) is 7.84. The molecule has 0 bridgehead atoms. The van der Waals surface area contributed by atoms with Crippen molar-refractivity contribution in [2.24, 2.45) is 0 Å². The first-order valence-electron chi connectivity index (χ1n) is 3.29. The second kappa shape index (κ2) is 3.29. The molecule has 0 fully saturated rings. The molecule has 0 saturated carbocycles.